The first-order chi connectivity index (χ1) is 9.11. The van der Waals surface area contributed by atoms with Gasteiger partial charge >= 0.3 is 0 Å². The fourth-order valence-corrected chi connectivity index (χ4v) is 2.76. The summed E-state index contributed by atoms with van der Waals surface area (Å²) in [7, 11) is 1.69. The van der Waals surface area contributed by atoms with Gasteiger partial charge in [0, 0.05) is 5.56 Å². The zero-order valence-electron chi connectivity index (χ0n) is 11.6. The summed E-state index contributed by atoms with van der Waals surface area (Å²) in [6, 6.07) is 8.83. The van der Waals surface area contributed by atoms with Crippen LogP contribution in [0.5, 0.6) is 5.75 Å². The molecule has 2 rings (SSSR count). The molecule has 19 heavy (non-hydrogen) atoms. The van der Waals surface area contributed by atoms with Crippen LogP contribution in [0, 0.1) is 0 Å². The number of hydrogen-bond acceptors (Lipinski definition) is 2. The number of piperazine rings is 1. The van der Waals surface area contributed by atoms with Crippen LogP contribution in [-0.2, 0) is 0 Å². The molecule has 1 aliphatic heterocycles. The van der Waals surface area contributed by atoms with Crippen LogP contribution in [-0.4, -0.2) is 43.3 Å². The van der Waals surface area contributed by atoms with Gasteiger partial charge in [-0.15, -0.1) is 0 Å². The Morgan fingerprint density at radius 2 is 1.89 bits per heavy atom. The summed E-state index contributed by atoms with van der Waals surface area (Å²) in [5.41, 5.74) is 7.01. The van der Waals surface area contributed by atoms with Gasteiger partial charge in [0.1, 0.15) is 11.8 Å². The van der Waals surface area contributed by atoms with E-state index in [4.69, 9.17) is 22.7 Å². The number of methoxy groups -OCH3 is 1. The molecule has 0 spiro atoms. The number of quaternary nitrogens is 1. The second kappa shape index (κ2) is 6.21. The third-order valence-corrected chi connectivity index (χ3v) is 4.20. The van der Waals surface area contributed by atoms with Crippen LogP contribution in [0.2, 0.25) is 0 Å². The van der Waals surface area contributed by atoms with Crippen LogP contribution in [0.4, 0.5) is 0 Å². The molecule has 1 atom stereocenters. The first-order valence-corrected chi connectivity index (χ1v) is 7.05. The number of benzene rings is 1. The number of rotatable bonds is 3. The first-order valence-electron chi connectivity index (χ1n) is 6.64. The molecule has 0 aromatic heterocycles. The summed E-state index contributed by atoms with van der Waals surface area (Å²) in [6.07, 6.45) is 0. The topological polar surface area (TPSA) is 42.9 Å². The number of nitrogens with one attached hydrogen (secondary N) is 1. The van der Waals surface area contributed by atoms with Crippen molar-refractivity contribution >= 4 is 17.3 Å². The standard InChI is InChI=1S/C14H21N3OS/c1-11(12-3-5-13(18-2)6-4-12)16-7-9-17(10-8-16)14(15)19/h3-6,11H,7-10H2,1-2H3,(H2,15,19)/p+1/t11-/m1/s1. The van der Waals surface area contributed by atoms with Gasteiger partial charge in [0.15, 0.2) is 5.11 Å². The van der Waals surface area contributed by atoms with Gasteiger partial charge in [-0.05, 0) is 43.4 Å². The summed E-state index contributed by atoms with van der Waals surface area (Å²) in [6.45, 7) is 6.32. The van der Waals surface area contributed by atoms with E-state index in [0.717, 1.165) is 31.9 Å². The van der Waals surface area contributed by atoms with E-state index >= 15 is 0 Å². The largest absolute Gasteiger partial charge is 0.497 e. The molecule has 5 heteroatoms. The van der Waals surface area contributed by atoms with Gasteiger partial charge in [0.25, 0.3) is 0 Å². The Hall–Kier alpha value is -1.33. The number of nitrogens with two attached hydrogens (primary N) is 1. The van der Waals surface area contributed by atoms with Crippen molar-refractivity contribution in [1.29, 1.82) is 0 Å². The van der Waals surface area contributed by atoms with Crippen molar-refractivity contribution in [3.63, 3.8) is 0 Å². The van der Waals surface area contributed by atoms with Crippen molar-refractivity contribution in [1.82, 2.24) is 4.90 Å². The molecule has 1 heterocycles. The minimum atomic E-state index is 0.486. The van der Waals surface area contributed by atoms with Gasteiger partial charge in [-0.25, -0.2) is 0 Å². The summed E-state index contributed by atoms with van der Waals surface area (Å²) >= 11 is 5.02. The SMILES string of the molecule is COc1ccc([C@@H](C)[NH+]2CCN(C(N)=S)CC2)cc1. The van der Waals surface area contributed by atoms with Gasteiger partial charge in [-0.1, -0.05) is 0 Å². The number of ether oxygens (including phenoxy) is 1. The molecule has 1 aliphatic rings. The van der Waals surface area contributed by atoms with E-state index in [-0.39, 0.29) is 0 Å². The van der Waals surface area contributed by atoms with E-state index in [1.807, 2.05) is 12.1 Å². The molecule has 0 bridgehead atoms. The second-order valence-electron chi connectivity index (χ2n) is 4.98. The molecule has 1 fully saturated rings. The molecule has 104 valence electrons. The maximum atomic E-state index is 5.67. The van der Waals surface area contributed by atoms with Crippen LogP contribution in [0.3, 0.4) is 0 Å². The smallest absolute Gasteiger partial charge is 0.166 e. The lowest BCUT2D eigenvalue weighted by atomic mass is 10.1. The lowest BCUT2D eigenvalue weighted by molar-refractivity contribution is -0.933. The Kier molecular flexibility index (Phi) is 4.61. The lowest BCUT2D eigenvalue weighted by Crippen LogP contribution is -3.14. The summed E-state index contributed by atoms with van der Waals surface area (Å²) in [5.74, 6) is 0.907. The van der Waals surface area contributed by atoms with E-state index in [0.29, 0.717) is 11.2 Å². The molecule has 3 N–H and O–H groups in total. The van der Waals surface area contributed by atoms with Gasteiger partial charge in [0.05, 0.1) is 33.3 Å². The normalized spacial score (nSPS) is 18.1. The van der Waals surface area contributed by atoms with Crippen LogP contribution in [0.1, 0.15) is 18.5 Å². The molecule has 4 nitrogen and oxygen atoms in total. The van der Waals surface area contributed by atoms with Gasteiger partial charge in [-0.2, -0.15) is 0 Å². The van der Waals surface area contributed by atoms with E-state index in [1.54, 1.807) is 12.0 Å². The van der Waals surface area contributed by atoms with Crippen molar-refractivity contribution in [2.24, 2.45) is 5.73 Å². The zero-order valence-corrected chi connectivity index (χ0v) is 12.4. The van der Waals surface area contributed by atoms with Crippen molar-refractivity contribution in [2.75, 3.05) is 33.3 Å². The predicted molar refractivity (Wildman–Crippen MR) is 80.5 cm³/mol. The molecule has 1 saturated heterocycles. The summed E-state index contributed by atoms with van der Waals surface area (Å²) in [4.78, 5) is 3.66. The van der Waals surface area contributed by atoms with Crippen LogP contribution in [0.25, 0.3) is 0 Å². The zero-order chi connectivity index (χ0) is 13.8. The fraction of sp³-hybridized carbons (Fsp3) is 0.500. The van der Waals surface area contributed by atoms with E-state index in [1.165, 1.54) is 5.56 Å². The Bertz CT molecular complexity index is 427. The van der Waals surface area contributed by atoms with Gasteiger partial charge in [0.2, 0.25) is 0 Å². The summed E-state index contributed by atoms with van der Waals surface area (Å²) in [5, 5.41) is 0.524. The third kappa shape index (κ3) is 3.36. The van der Waals surface area contributed by atoms with Crippen LogP contribution in [0.15, 0.2) is 24.3 Å². The molecule has 1 aromatic rings. The third-order valence-electron chi connectivity index (χ3n) is 3.95. The van der Waals surface area contributed by atoms with Crippen LogP contribution >= 0.6 is 12.2 Å². The summed E-state index contributed by atoms with van der Waals surface area (Å²) < 4.78 is 5.19. The molecule has 1 aromatic carbocycles. The lowest BCUT2D eigenvalue weighted by Gasteiger charge is -2.35. The van der Waals surface area contributed by atoms with E-state index in [9.17, 15) is 0 Å². The average Bonchev–Trinajstić information content (AvgIpc) is 2.46. The average molecular weight is 280 g/mol. The molecule has 0 aliphatic carbocycles. The number of thiocarbonyl (C=S) groups is 1. The second-order valence-corrected chi connectivity index (χ2v) is 5.40. The Balaban J connectivity index is 1.96. The molecule has 0 unspecified atom stereocenters. The maximum Gasteiger partial charge on any atom is 0.166 e. The van der Waals surface area contributed by atoms with Gasteiger partial charge in [-0.3, -0.25) is 0 Å². The Morgan fingerprint density at radius 3 is 2.37 bits per heavy atom. The minimum absolute atomic E-state index is 0.486. The van der Waals surface area contributed by atoms with Crippen molar-refractivity contribution < 1.29 is 9.64 Å². The number of hydrogen-bond donors (Lipinski definition) is 2. The molecule has 0 saturated carbocycles. The van der Waals surface area contributed by atoms with Crippen LogP contribution < -0.4 is 15.4 Å². The molecule has 0 amide bonds. The quantitative estimate of drug-likeness (QED) is 0.776. The highest BCUT2D eigenvalue weighted by atomic mass is 32.1. The van der Waals surface area contributed by atoms with E-state index < -0.39 is 0 Å². The van der Waals surface area contributed by atoms with E-state index in [2.05, 4.69) is 24.0 Å². The van der Waals surface area contributed by atoms with Gasteiger partial charge < -0.3 is 20.3 Å². The number of nitrogens with zero attached hydrogens (tertiary/aromatic N) is 1. The molecule has 0 radical (unpaired) electrons. The highest BCUT2D eigenvalue weighted by molar-refractivity contribution is 7.80. The van der Waals surface area contributed by atoms with Crippen molar-refractivity contribution in [3.05, 3.63) is 29.8 Å². The molecular formula is C14H22N3OS+. The minimum Gasteiger partial charge on any atom is -0.497 e. The Labute approximate surface area is 120 Å². The monoisotopic (exact) mass is 280 g/mol. The fourth-order valence-electron chi connectivity index (χ4n) is 2.58. The molecular weight excluding hydrogens is 258 g/mol. The highest BCUT2D eigenvalue weighted by Gasteiger charge is 2.25. The first kappa shape index (κ1) is 14.1. The maximum absolute atomic E-state index is 5.67. The predicted octanol–water partition coefficient (Wildman–Crippen LogP) is 0.200. The highest BCUT2D eigenvalue weighted by Crippen LogP contribution is 2.15. The van der Waals surface area contributed by atoms with Crippen molar-refractivity contribution in [2.45, 2.75) is 13.0 Å². The Morgan fingerprint density at radius 1 is 1.32 bits per heavy atom. The van der Waals surface area contributed by atoms with Crippen molar-refractivity contribution in [3.8, 4) is 5.75 Å².